The number of benzene rings is 2. The van der Waals surface area contributed by atoms with Crippen LogP contribution in [0.4, 0.5) is 5.69 Å². The fourth-order valence-electron chi connectivity index (χ4n) is 3.50. The van der Waals surface area contributed by atoms with Crippen molar-refractivity contribution >= 4 is 23.2 Å². The van der Waals surface area contributed by atoms with Crippen LogP contribution in [0.5, 0.6) is 11.5 Å². The van der Waals surface area contributed by atoms with E-state index < -0.39 is 0 Å². The van der Waals surface area contributed by atoms with Crippen molar-refractivity contribution in [2.24, 2.45) is 0 Å². The van der Waals surface area contributed by atoms with Crippen molar-refractivity contribution in [3.05, 3.63) is 48.0 Å². The Balaban J connectivity index is 1.58. The third-order valence-corrected chi connectivity index (χ3v) is 6.38. The molecule has 1 heterocycles. The van der Waals surface area contributed by atoms with Gasteiger partial charge in [0.25, 0.3) is 0 Å². The van der Waals surface area contributed by atoms with Gasteiger partial charge in [0.1, 0.15) is 0 Å². The van der Waals surface area contributed by atoms with Crippen LogP contribution in [-0.2, 0) is 0 Å². The Kier molecular flexibility index (Phi) is 7.83. The molecule has 1 fully saturated rings. The summed E-state index contributed by atoms with van der Waals surface area (Å²) in [6.45, 7) is 6.27. The van der Waals surface area contributed by atoms with Crippen molar-refractivity contribution in [1.29, 1.82) is 0 Å². The molecule has 6 heteroatoms. The van der Waals surface area contributed by atoms with E-state index in [-0.39, 0.29) is 5.78 Å². The highest BCUT2D eigenvalue weighted by molar-refractivity contribution is 7.99. The number of methoxy groups -OCH3 is 2. The number of hydrogen-bond acceptors (Lipinski definition) is 6. The van der Waals surface area contributed by atoms with Crippen LogP contribution in [0.2, 0.25) is 0 Å². The summed E-state index contributed by atoms with van der Waals surface area (Å²) in [4.78, 5) is 18.8. The van der Waals surface area contributed by atoms with Crippen molar-refractivity contribution in [3.8, 4) is 11.5 Å². The molecule has 0 unspecified atom stereocenters. The predicted octanol–water partition coefficient (Wildman–Crippen LogP) is 4.21. The molecule has 29 heavy (non-hydrogen) atoms. The summed E-state index contributed by atoms with van der Waals surface area (Å²) in [5, 5.41) is 0. The van der Waals surface area contributed by atoms with Crippen molar-refractivity contribution in [1.82, 2.24) is 4.90 Å². The van der Waals surface area contributed by atoms with Crippen molar-refractivity contribution in [2.75, 3.05) is 57.6 Å². The zero-order chi connectivity index (χ0) is 20.6. The Morgan fingerprint density at radius 2 is 1.72 bits per heavy atom. The smallest absolute Gasteiger partial charge is 0.176 e. The second-order valence-electron chi connectivity index (χ2n) is 7.07. The molecular formula is C23H30N2O3S. The standard InChI is InChI=1S/C23H30N2O3S/c1-4-15-29-23-8-6-5-7-19(23)25-13-11-24(12-14-25)17-20(26)18-9-10-21(27-2)22(16-18)28-3/h5-10,16H,4,11-15,17H2,1-3H3. The number of piperazine rings is 1. The molecule has 2 aromatic carbocycles. The Labute approximate surface area is 178 Å². The molecule has 0 amide bonds. The minimum atomic E-state index is 0.110. The van der Waals surface area contributed by atoms with Gasteiger partial charge >= 0.3 is 0 Å². The van der Waals surface area contributed by atoms with Crippen LogP contribution in [0.1, 0.15) is 23.7 Å². The number of para-hydroxylation sites is 1. The molecule has 5 nitrogen and oxygen atoms in total. The third-order valence-electron chi connectivity index (χ3n) is 5.11. The molecule has 1 saturated heterocycles. The van der Waals surface area contributed by atoms with E-state index in [1.54, 1.807) is 32.4 Å². The number of hydrogen-bond donors (Lipinski definition) is 0. The molecule has 0 atom stereocenters. The van der Waals surface area contributed by atoms with Gasteiger partial charge in [0.2, 0.25) is 0 Å². The Hall–Kier alpha value is -2.18. The van der Waals surface area contributed by atoms with Gasteiger partial charge in [-0.3, -0.25) is 9.69 Å². The topological polar surface area (TPSA) is 42.0 Å². The van der Waals surface area contributed by atoms with E-state index >= 15 is 0 Å². The fraction of sp³-hybridized carbons (Fsp3) is 0.435. The second kappa shape index (κ2) is 10.6. The van der Waals surface area contributed by atoms with E-state index in [9.17, 15) is 4.79 Å². The first-order chi connectivity index (χ1) is 14.2. The van der Waals surface area contributed by atoms with Gasteiger partial charge in [0, 0.05) is 36.6 Å². The maximum atomic E-state index is 12.7. The maximum absolute atomic E-state index is 12.7. The molecule has 1 aliphatic rings. The molecule has 0 radical (unpaired) electrons. The number of rotatable bonds is 9. The predicted molar refractivity (Wildman–Crippen MR) is 120 cm³/mol. The van der Waals surface area contributed by atoms with Gasteiger partial charge in [-0.1, -0.05) is 19.1 Å². The lowest BCUT2D eigenvalue weighted by Crippen LogP contribution is -2.48. The van der Waals surface area contributed by atoms with Gasteiger partial charge in [-0.25, -0.2) is 0 Å². The van der Waals surface area contributed by atoms with Crippen LogP contribution < -0.4 is 14.4 Å². The SMILES string of the molecule is CCCSc1ccccc1N1CCN(CC(=O)c2ccc(OC)c(OC)c2)CC1. The Bertz CT molecular complexity index is 820. The van der Waals surface area contributed by atoms with E-state index in [2.05, 4.69) is 41.0 Å². The zero-order valence-electron chi connectivity index (χ0n) is 17.5. The minimum Gasteiger partial charge on any atom is -0.493 e. The lowest BCUT2D eigenvalue weighted by atomic mass is 10.1. The van der Waals surface area contributed by atoms with Gasteiger partial charge in [0.15, 0.2) is 17.3 Å². The normalized spacial score (nSPS) is 14.7. The highest BCUT2D eigenvalue weighted by Gasteiger charge is 2.22. The third kappa shape index (κ3) is 5.46. The highest BCUT2D eigenvalue weighted by atomic mass is 32.2. The molecule has 3 rings (SSSR count). The van der Waals surface area contributed by atoms with E-state index in [1.807, 2.05) is 11.8 Å². The summed E-state index contributed by atoms with van der Waals surface area (Å²) < 4.78 is 10.6. The highest BCUT2D eigenvalue weighted by Crippen LogP contribution is 2.31. The molecule has 156 valence electrons. The molecule has 0 saturated carbocycles. The second-order valence-corrected chi connectivity index (χ2v) is 8.21. The Morgan fingerprint density at radius 3 is 2.41 bits per heavy atom. The summed E-state index contributed by atoms with van der Waals surface area (Å²) in [5.74, 6) is 2.47. The lowest BCUT2D eigenvalue weighted by Gasteiger charge is -2.36. The number of Topliss-reactive ketones (excluding diaryl/α,β-unsaturated/α-hetero) is 1. The minimum absolute atomic E-state index is 0.110. The molecule has 0 bridgehead atoms. The quantitative estimate of drug-likeness (QED) is 0.452. The molecule has 0 N–H and O–H groups in total. The van der Waals surface area contributed by atoms with Gasteiger partial charge in [0.05, 0.1) is 26.5 Å². The van der Waals surface area contributed by atoms with E-state index in [4.69, 9.17) is 9.47 Å². The fourth-order valence-corrected chi connectivity index (χ4v) is 4.45. The van der Waals surface area contributed by atoms with Gasteiger partial charge < -0.3 is 14.4 Å². The number of ketones is 1. The average molecular weight is 415 g/mol. The molecule has 0 spiro atoms. The number of carbonyl (C=O) groups is 1. The van der Waals surface area contributed by atoms with Crippen LogP contribution in [-0.4, -0.2) is 63.4 Å². The van der Waals surface area contributed by atoms with Crippen molar-refractivity contribution in [3.63, 3.8) is 0 Å². The van der Waals surface area contributed by atoms with Crippen LogP contribution in [0.25, 0.3) is 0 Å². The first-order valence-corrected chi connectivity index (χ1v) is 11.1. The maximum Gasteiger partial charge on any atom is 0.176 e. The summed E-state index contributed by atoms with van der Waals surface area (Å²) in [5.41, 5.74) is 1.98. The number of ether oxygens (including phenoxy) is 2. The molecule has 1 aliphatic heterocycles. The van der Waals surface area contributed by atoms with Crippen LogP contribution in [0, 0.1) is 0 Å². The molecule has 0 aliphatic carbocycles. The van der Waals surface area contributed by atoms with E-state index in [1.165, 1.54) is 17.0 Å². The van der Waals surface area contributed by atoms with Gasteiger partial charge in [-0.05, 0) is 42.5 Å². The summed E-state index contributed by atoms with van der Waals surface area (Å²) in [7, 11) is 3.18. The Morgan fingerprint density at radius 1 is 1.00 bits per heavy atom. The van der Waals surface area contributed by atoms with Gasteiger partial charge in [-0.15, -0.1) is 11.8 Å². The largest absolute Gasteiger partial charge is 0.493 e. The molecule has 0 aromatic heterocycles. The number of carbonyl (C=O) groups excluding carboxylic acids is 1. The zero-order valence-corrected chi connectivity index (χ0v) is 18.3. The summed E-state index contributed by atoms with van der Waals surface area (Å²) >= 11 is 1.92. The van der Waals surface area contributed by atoms with Crippen molar-refractivity contribution < 1.29 is 14.3 Å². The monoisotopic (exact) mass is 414 g/mol. The van der Waals surface area contributed by atoms with Gasteiger partial charge in [-0.2, -0.15) is 0 Å². The van der Waals surface area contributed by atoms with Crippen LogP contribution >= 0.6 is 11.8 Å². The number of thioether (sulfide) groups is 1. The van der Waals surface area contributed by atoms with Crippen LogP contribution in [0.3, 0.4) is 0 Å². The van der Waals surface area contributed by atoms with Crippen molar-refractivity contribution in [2.45, 2.75) is 18.2 Å². The summed E-state index contributed by atoms with van der Waals surface area (Å²) in [6.07, 6.45) is 1.17. The lowest BCUT2D eigenvalue weighted by molar-refractivity contribution is 0.0926. The number of nitrogens with zero attached hydrogens (tertiary/aromatic N) is 2. The average Bonchev–Trinajstić information content (AvgIpc) is 2.78. The summed E-state index contributed by atoms with van der Waals surface area (Å²) in [6, 6.07) is 14.0. The van der Waals surface area contributed by atoms with E-state index in [0.29, 0.717) is 23.6 Å². The molecule has 2 aromatic rings. The van der Waals surface area contributed by atoms with E-state index in [0.717, 1.165) is 31.9 Å². The number of anilines is 1. The first kappa shape index (κ1) is 21.5. The first-order valence-electron chi connectivity index (χ1n) is 10.1. The molecular weight excluding hydrogens is 384 g/mol. The van der Waals surface area contributed by atoms with Crippen LogP contribution in [0.15, 0.2) is 47.4 Å².